The van der Waals surface area contributed by atoms with Gasteiger partial charge in [0.1, 0.15) is 16.5 Å². The zero-order valence-corrected chi connectivity index (χ0v) is 7.83. The molecule has 0 fully saturated rings. The molecule has 0 unspecified atom stereocenters. The number of hydrogen-bond acceptors (Lipinski definition) is 3. The van der Waals surface area contributed by atoms with E-state index in [1.54, 1.807) is 0 Å². The zero-order valence-electron chi connectivity index (χ0n) is 7.01. The van der Waals surface area contributed by atoms with Crippen LogP contribution in [0, 0.1) is 6.92 Å². The van der Waals surface area contributed by atoms with Crippen LogP contribution in [-0.2, 0) is 0 Å². The van der Waals surface area contributed by atoms with Crippen molar-refractivity contribution in [3.63, 3.8) is 0 Å². The lowest BCUT2D eigenvalue weighted by Crippen LogP contribution is -2.40. The summed E-state index contributed by atoms with van der Waals surface area (Å²) in [4.78, 5) is 10.2. The van der Waals surface area contributed by atoms with Crippen LogP contribution in [0.5, 0.6) is 0 Å². The molecule has 0 spiro atoms. The van der Waals surface area contributed by atoms with E-state index in [1.807, 2.05) is 18.9 Å². The molecule has 0 saturated carbocycles. The molecule has 5 heteroatoms. The van der Waals surface area contributed by atoms with Crippen molar-refractivity contribution in [3.05, 3.63) is 11.5 Å². The molecule has 2 rings (SSSR count). The van der Waals surface area contributed by atoms with Gasteiger partial charge in [-0.2, -0.15) is 0 Å². The van der Waals surface area contributed by atoms with E-state index in [2.05, 4.69) is 15.3 Å². The van der Waals surface area contributed by atoms with Gasteiger partial charge in [-0.05, 0) is 6.92 Å². The van der Waals surface area contributed by atoms with Gasteiger partial charge in [0, 0.05) is 7.05 Å². The van der Waals surface area contributed by atoms with Gasteiger partial charge in [-0.3, -0.25) is 0 Å². The molecule has 0 saturated heterocycles. The number of aryl methyl sites for hydroxylation is 1. The minimum absolute atomic E-state index is 0.732. The number of hydrogen-bond donors (Lipinski definition) is 2. The molecule has 0 amide bonds. The average molecular weight is 182 g/mol. The number of thiocarbonyl (C=S) groups is 1. The maximum absolute atomic E-state index is 5.12. The highest BCUT2D eigenvalue weighted by atomic mass is 32.1. The average Bonchev–Trinajstić information content (AvgIpc) is 2.41. The highest BCUT2D eigenvalue weighted by molar-refractivity contribution is 7.80. The van der Waals surface area contributed by atoms with Crippen LogP contribution in [0.4, 0.5) is 5.82 Å². The van der Waals surface area contributed by atoms with Crippen molar-refractivity contribution in [1.82, 2.24) is 15.3 Å². The van der Waals surface area contributed by atoms with Gasteiger partial charge in [0.25, 0.3) is 0 Å². The van der Waals surface area contributed by atoms with Crippen molar-refractivity contribution in [2.75, 3.05) is 18.6 Å². The van der Waals surface area contributed by atoms with Crippen molar-refractivity contribution in [2.45, 2.75) is 6.92 Å². The second kappa shape index (κ2) is 2.45. The molecule has 2 heterocycles. The lowest BCUT2D eigenvalue weighted by Gasteiger charge is -2.24. The van der Waals surface area contributed by atoms with Crippen LogP contribution in [0.25, 0.3) is 0 Å². The van der Waals surface area contributed by atoms with E-state index in [9.17, 15) is 0 Å². The third-order valence-corrected chi connectivity index (χ3v) is 2.22. The van der Waals surface area contributed by atoms with Crippen LogP contribution < -0.4 is 10.2 Å². The Bertz CT molecular complexity index is 330. The third kappa shape index (κ3) is 0.972. The van der Waals surface area contributed by atoms with Crippen molar-refractivity contribution in [3.8, 4) is 0 Å². The Morgan fingerprint density at radius 3 is 3.00 bits per heavy atom. The first-order valence-electron chi connectivity index (χ1n) is 3.74. The van der Waals surface area contributed by atoms with E-state index in [0.717, 1.165) is 29.0 Å². The molecular formula is C7H10N4S. The van der Waals surface area contributed by atoms with Crippen molar-refractivity contribution < 1.29 is 0 Å². The van der Waals surface area contributed by atoms with E-state index < -0.39 is 0 Å². The molecule has 1 aromatic rings. The maximum atomic E-state index is 5.12. The summed E-state index contributed by atoms with van der Waals surface area (Å²) in [7, 11) is 1.98. The van der Waals surface area contributed by atoms with E-state index >= 15 is 0 Å². The first-order chi connectivity index (χ1) is 5.68. The molecule has 0 aromatic carbocycles. The van der Waals surface area contributed by atoms with E-state index in [0.29, 0.717) is 0 Å². The number of nitrogens with one attached hydrogen (secondary N) is 2. The fourth-order valence-corrected chi connectivity index (χ4v) is 1.47. The first-order valence-corrected chi connectivity index (χ1v) is 4.15. The molecule has 0 bridgehead atoms. The van der Waals surface area contributed by atoms with E-state index in [1.165, 1.54) is 0 Å². The van der Waals surface area contributed by atoms with Gasteiger partial charge in [-0.15, -0.1) is 0 Å². The van der Waals surface area contributed by atoms with Crippen LogP contribution in [0.2, 0.25) is 0 Å². The highest BCUT2D eigenvalue weighted by Gasteiger charge is 2.20. The molecule has 0 atom stereocenters. The topological polar surface area (TPSA) is 44.0 Å². The number of fused-ring (bicyclic) bond motifs is 1. The summed E-state index contributed by atoms with van der Waals surface area (Å²) in [5, 5.41) is 3.09. The smallest absolute Gasteiger partial charge is 0.158 e. The molecule has 1 aliphatic heterocycles. The molecule has 64 valence electrons. The molecular weight excluding hydrogens is 172 g/mol. The largest absolute Gasteiger partial charge is 0.357 e. The minimum atomic E-state index is 0.732. The van der Waals surface area contributed by atoms with Gasteiger partial charge in [-0.1, -0.05) is 12.2 Å². The molecule has 1 aliphatic rings. The Morgan fingerprint density at radius 2 is 2.33 bits per heavy atom. The number of nitrogens with zero attached hydrogens (tertiary/aromatic N) is 2. The summed E-state index contributed by atoms with van der Waals surface area (Å²) in [5.74, 6) is 1.84. The molecule has 12 heavy (non-hydrogen) atoms. The predicted octanol–water partition coefficient (Wildman–Crippen LogP) is 0.391. The van der Waals surface area contributed by atoms with Crippen molar-refractivity contribution >= 4 is 23.0 Å². The molecule has 1 aromatic heterocycles. The minimum Gasteiger partial charge on any atom is -0.357 e. The third-order valence-electron chi connectivity index (χ3n) is 1.87. The van der Waals surface area contributed by atoms with Crippen LogP contribution >= 0.6 is 12.2 Å². The van der Waals surface area contributed by atoms with Gasteiger partial charge in [-0.25, -0.2) is 4.98 Å². The fourth-order valence-electron chi connectivity index (χ4n) is 1.27. The lowest BCUT2D eigenvalue weighted by atomic mass is 10.3. The molecule has 0 aliphatic carbocycles. The summed E-state index contributed by atoms with van der Waals surface area (Å²) in [5.41, 5.74) is 0.927. The number of anilines is 1. The van der Waals surface area contributed by atoms with E-state index in [4.69, 9.17) is 12.2 Å². The number of rotatable bonds is 0. The van der Waals surface area contributed by atoms with Gasteiger partial charge in [0.2, 0.25) is 0 Å². The van der Waals surface area contributed by atoms with Crippen molar-refractivity contribution in [2.24, 2.45) is 0 Å². The lowest BCUT2D eigenvalue weighted by molar-refractivity contribution is 0.818. The van der Waals surface area contributed by atoms with Gasteiger partial charge in [0.15, 0.2) is 5.82 Å². The Morgan fingerprint density at radius 1 is 1.58 bits per heavy atom. The molecule has 4 nitrogen and oxygen atoms in total. The quantitative estimate of drug-likeness (QED) is 0.570. The normalized spacial score (nSPS) is 15.8. The Labute approximate surface area is 76.0 Å². The maximum Gasteiger partial charge on any atom is 0.158 e. The number of H-pyrrole nitrogens is 1. The van der Waals surface area contributed by atoms with Crippen LogP contribution in [-0.4, -0.2) is 28.7 Å². The molecule has 2 N–H and O–H groups in total. The van der Waals surface area contributed by atoms with Gasteiger partial charge in [0.05, 0.1) is 6.67 Å². The number of imidazole rings is 1. The van der Waals surface area contributed by atoms with E-state index in [-0.39, 0.29) is 0 Å². The van der Waals surface area contributed by atoms with Crippen LogP contribution in [0.15, 0.2) is 0 Å². The van der Waals surface area contributed by atoms with Crippen LogP contribution in [0.3, 0.4) is 0 Å². The number of aromatic amines is 1. The summed E-state index contributed by atoms with van der Waals surface area (Å²) in [6.07, 6.45) is 0. The Balaban J connectivity index is 2.54. The zero-order chi connectivity index (χ0) is 8.72. The SMILES string of the molecule is Cc1nc2c([nH]1)C(=S)NCN2C. The molecule has 0 radical (unpaired) electrons. The van der Waals surface area contributed by atoms with Gasteiger partial charge < -0.3 is 15.2 Å². The second-order valence-corrected chi connectivity index (χ2v) is 3.29. The monoisotopic (exact) mass is 182 g/mol. The van der Waals surface area contributed by atoms with Crippen molar-refractivity contribution in [1.29, 1.82) is 0 Å². The Hall–Kier alpha value is -1.10. The number of aromatic nitrogens is 2. The van der Waals surface area contributed by atoms with Gasteiger partial charge >= 0.3 is 0 Å². The predicted molar refractivity (Wildman–Crippen MR) is 51.4 cm³/mol. The summed E-state index contributed by atoms with van der Waals surface area (Å²) >= 11 is 5.12. The van der Waals surface area contributed by atoms with Crippen LogP contribution in [0.1, 0.15) is 11.5 Å². The summed E-state index contributed by atoms with van der Waals surface area (Å²) < 4.78 is 0. The standard InChI is InChI=1S/C7H10N4S/c1-4-9-5-6(10-4)11(2)3-8-7(5)12/h3H2,1-2H3,(H,8,12)(H,9,10). The highest BCUT2D eigenvalue weighted by Crippen LogP contribution is 2.19. The Kier molecular flexibility index (Phi) is 1.54. The summed E-state index contributed by atoms with van der Waals surface area (Å²) in [6.45, 7) is 2.66. The fraction of sp³-hybridized carbons (Fsp3) is 0.429. The first kappa shape index (κ1) is 7.54. The second-order valence-electron chi connectivity index (χ2n) is 2.88. The summed E-state index contributed by atoms with van der Waals surface area (Å²) in [6, 6.07) is 0.